The van der Waals surface area contributed by atoms with Crippen LogP contribution in [0.25, 0.3) is 22.3 Å². The number of nitrogens with zero attached hydrogens (tertiary/aromatic N) is 2. The maximum Gasteiger partial charge on any atom is 0.198 e. The zero-order chi connectivity index (χ0) is 12.5. The van der Waals surface area contributed by atoms with Crippen LogP contribution in [0.3, 0.4) is 0 Å². The Morgan fingerprint density at radius 1 is 1.17 bits per heavy atom. The highest BCUT2D eigenvalue weighted by molar-refractivity contribution is 5.82. The molecule has 5 nitrogen and oxygen atoms in total. The van der Waals surface area contributed by atoms with Crippen LogP contribution in [0.5, 0.6) is 0 Å². The maximum absolute atomic E-state index is 5.63. The molecule has 3 rings (SSSR count). The number of benzene rings is 1. The number of anilines is 2. The SMILES string of the molecule is CNc1cccc(-c2ccc3nc(N)[nH]c3c2)n1. The number of nitrogens with one attached hydrogen (secondary N) is 2. The highest BCUT2D eigenvalue weighted by Crippen LogP contribution is 2.23. The molecule has 4 N–H and O–H groups in total. The number of nitrogen functional groups attached to an aromatic ring is 1. The molecule has 0 atom stereocenters. The van der Waals surface area contributed by atoms with E-state index in [1.54, 1.807) is 0 Å². The van der Waals surface area contributed by atoms with Crippen molar-refractivity contribution in [2.75, 3.05) is 18.1 Å². The highest BCUT2D eigenvalue weighted by Gasteiger charge is 2.04. The molecule has 0 fully saturated rings. The molecule has 0 aliphatic rings. The van der Waals surface area contributed by atoms with Gasteiger partial charge < -0.3 is 16.0 Å². The van der Waals surface area contributed by atoms with E-state index in [0.717, 1.165) is 28.1 Å². The third-order valence-electron chi connectivity index (χ3n) is 2.80. The second kappa shape index (κ2) is 4.03. The lowest BCUT2D eigenvalue weighted by Gasteiger charge is -2.03. The number of aromatic nitrogens is 3. The molecule has 0 unspecified atom stereocenters. The van der Waals surface area contributed by atoms with Crippen LogP contribution >= 0.6 is 0 Å². The first-order valence-electron chi connectivity index (χ1n) is 5.67. The van der Waals surface area contributed by atoms with Gasteiger partial charge in [-0.05, 0) is 24.3 Å². The monoisotopic (exact) mass is 239 g/mol. The van der Waals surface area contributed by atoms with Gasteiger partial charge in [0.15, 0.2) is 5.95 Å². The van der Waals surface area contributed by atoms with Gasteiger partial charge in [-0.1, -0.05) is 12.1 Å². The molecule has 2 heterocycles. The third-order valence-corrected chi connectivity index (χ3v) is 2.80. The Kier molecular flexibility index (Phi) is 2.37. The van der Waals surface area contributed by atoms with E-state index in [1.807, 2.05) is 43.4 Å². The maximum atomic E-state index is 5.63. The number of aromatic amines is 1. The first-order chi connectivity index (χ1) is 8.76. The van der Waals surface area contributed by atoms with Gasteiger partial charge in [-0.2, -0.15) is 0 Å². The van der Waals surface area contributed by atoms with E-state index in [-0.39, 0.29) is 0 Å². The summed E-state index contributed by atoms with van der Waals surface area (Å²) in [5, 5.41) is 3.03. The molecule has 0 aliphatic heterocycles. The summed E-state index contributed by atoms with van der Waals surface area (Å²) in [5.41, 5.74) is 9.36. The van der Waals surface area contributed by atoms with E-state index in [0.29, 0.717) is 5.95 Å². The highest BCUT2D eigenvalue weighted by atomic mass is 15.0. The Bertz CT molecular complexity index is 701. The molecule has 18 heavy (non-hydrogen) atoms. The number of imidazole rings is 1. The summed E-state index contributed by atoms with van der Waals surface area (Å²) in [6.07, 6.45) is 0. The van der Waals surface area contributed by atoms with Crippen molar-refractivity contribution in [2.45, 2.75) is 0 Å². The molecule has 0 saturated heterocycles. The third kappa shape index (κ3) is 1.75. The fourth-order valence-corrected chi connectivity index (χ4v) is 1.92. The molecule has 5 heteroatoms. The number of H-pyrrole nitrogens is 1. The minimum Gasteiger partial charge on any atom is -0.373 e. The van der Waals surface area contributed by atoms with Gasteiger partial charge >= 0.3 is 0 Å². The minimum atomic E-state index is 0.430. The first kappa shape index (κ1) is 10.6. The van der Waals surface area contributed by atoms with Crippen LogP contribution < -0.4 is 11.1 Å². The fraction of sp³-hybridized carbons (Fsp3) is 0.0769. The summed E-state index contributed by atoms with van der Waals surface area (Å²) in [6.45, 7) is 0. The standard InChI is InChI=1S/C13H13N5/c1-15-12-4-2-3-9(16-12)8-5-6-10-11(7-8)18-13(14)17-10/h2-7H,1H3,(H,15,16)(H3,14,17,18). The van der Waals surface area contributed by atoms with Gasteiger partial charge in [0.2, 0.25) is 0 Å². The zero-order valence-corrected chi connectivity index (χ0v) is 9.94. The van der Waals surface area contributed by atoms with Crippen molar-refractivity contribution in [3.63, 3.8) is 0 Å². The average Bonchev–Trinajstić information content (AvgIpc) is 2.77. The van der Waals surface area contributed by atoms with Gasteiger partial charge in [-0.15, -0.1) is 0 Å². The van der Waals surface area contributed by atoms with Crippen molar-refractivity contribution in [3.8, 4) is 11.3 Å². The first-order valence-corrected chi connectivity index (χ1v) is 5.67. The summed E-state index contributed by atoms with van der Waals surface area (Å²) in [5.74, 6) is 1.27. The second-order valence-corrected chi connectivity index (χ2v) is 4.01. The van der Waals surface area contributed by atoms with Crippen LogP contribution in [-0.4, -0.2) is 22.0 Å². The molecule has 0 spiro atoms. The van der Waals surface area contributed by atoms with Crippen LogP contribution in [0.1, 0.15) is 0 Å². The van der Waals surface area contributed by atoms with E-state index in [1.165, 1.54) is 0 Å². The Morgan fingerprint density at radius 3 is 2.89 bits per heavy atom. The molecule has 0 amide bonds. The lowest BCUT2D eigenvalue weighted by Crippen LogP contribution is -1.93. The van der Waals surface area contributed by atoms with Gasteiger partial charge in [0, 0.05) is 12.6 Å². The molecular weight excluding hydrogens is 226 g/mol. The van der Waals surface area contributed by atoms with Crippen molar-refractivity contribution in [2.24, 2.45) is 0 Å². The Labute approximate surface area is 104 Å². The number of hydrogen-bond donors (Lipinski definition) is 3. The van der Waals surface area contributed by atoms with Gasteiger partial charge in [0.25, 0.3) is 0 Å². The van der Waals surface area contributed by atoms with Crippen LogP contribution in [-0.2, 0) is 0 Å². The van der Waals surface area contributed by atoms with Crippen LogP contribution in [0.15, 0.2) is 36.4 Å². The van der Waals surface area contributed by atoms with Gasteiger partial charge in [0.05, 0.1) is 16.7 Å². The summed E-state index contributed by atoms with van der Waals surface area (Å²) < 4.78 is 0. The van der Waals surface area contributed by atoms with E-state index >= 15 is 0 Å². The predicted octanol–water partition coefficient (Wildman–Crippen LogP) is 2.25. The lowest BCUT2D eigenvalue weighted by molar-refractivity contribution is 1.29. The number of rotatable bonds is 2. The van der Waals surface area contributed by atoms with E-state index in [9.17, 15) is 0 Å². The smallest absolute Gasteiger partial charge is 0.198 e. The minimum absolute atomic E-state index is 0.430. The van der Waals surface area contributed by atoms with Crippen LogP contribution in [0.2, 0.25) is 0 Å². The van der Waals surface area contributed by atoms with E-state index in [4.69, 9.17) is 5.73 Å². The molecule has 0 radical (unpaired) electrons. The molecule has 2 aromatic heterocycles. The average molecular weight is 239 g/mol. The van der Waals surface area contributed by atoms with Gasteiger partial charge in [-0.3, -0.25) is 0 Å². The number of fused-ring (bicyclic) bond motifs is 1. The normalized spacial score (nSPS) is 10.7. The molecule has 0 bridgehead atoms. The topological polar surface area (TPSA) is 79.6 Å². The number of pyridine rings is 1. The fourth-order valence-electron chi connectivity index (χ4n) is 1.92. The summed E-state index contributed by atoms with van der Waals surface area (Å²) in [6, 6.07) is 11.8. The van der Waals surface area contributed by atoms with E-state index < -0.39 is 0 Å². The molecule has 0 aliphatic carbocycles. The molecular formula is C13H13N5. The van der Waals surface area contributed by atoms with Crippen LogP contribution in [0, 0.1) is 0 Å². The quantitative estimate of drug-likeness (QED) is 0.640. The second-order valence-electron chi connectivity index (χ2n) is 4.01. The van der Waals surface area contributed by atoms with Crippen molar-refractivity contribution < 1.29 is 0 Å². The van der Waals surface area contributed by atoms with Crippen LogP contribution in [0.4, 0.5) is 11.8 Å². The summed E-state index contributed by atoms with van der Waals surface area (Å²) in [7, 11) is 1.85. The Hall–Kier alpha value is -2.56. The number of hydrogen-bond acceptors (Lipinski definition) is 4. The molecule has 3 aromatic rings. The molecule has 1 aromatic carbocycles. The summed E-state index contributed by atoms with van der Waals surface area (Å²) >= 11 is 0. The van der Waals surface area contributed by atoms with Gasteiger partial charge in [0.1, 0.15) is 5.82 Å². The van der Waals surface area contributed by atoms with E-state index in [2.05, 4.69) is 20.3 Å². The van der Waals surface area contributed by atoms with Gasteiger partial charge in [-0.25, -0.2) is 9.97 Å². The summed E-state index contributed by atoms with van der Waals surface area (Å²) in [4.78, 5) is 11.7. The Morgan fingerprint density at radius 2 is 2.06 bits per heavy atom. The van der Waals surface area contributed by atoms with Crippen molar-refractivity contribution in [1.82, 2.24) is 15.0 Å². The zero-order valence-electron chi connectivity index (χ0n) is 9.94. The predicted molar refractivity (Wildman–Crippen MR) is 73.3 cm³/mol. The largest absolute Gasteiger partial charge is 0.373 e. The van der Waals surface area contributed by atoms with Crippen molar-refractivity contribution >= 4 is 22.8 Å². The molecule has 90 valence electrons. The van der Waals surface area contributed by atoms with Crippen molar-refractivity contribution in [1.29, 1.82) is 0 Å². The van der Waals surface area contributed by atoms with Crippen molar-refractivity contribution in [3.05, 3.63) is 36.4 Å². The molecule has 0 saturated carbocycles. The lowest BCUT2D eigenvalue weighted by atomic mass is 10.1. The number of nitrogens with two attached hydrogens (primary N) is 1. The Balaban J connectivity index is 2.12.